The third-order valence-corrected chi connectivity index (χ3v) is 10.2. The zero-order valence-electron chi connectivity index (χ0n) is 25.0. The molecule has 0 atom stereocenters. The largest absolute Gasteiger partial charge is 0.466 e. The minimum Gasteiger partial charge on any atom is -0.466 e. The van der Waals surface area contributed by atoms with Gasteiger partial charge in [-0.15, -0.1) is 0 Å². The standard InChI is InChI=1S/C33H38BrFN2O5S/c1-5-42-33(39)26-11-9-24(10-12-26)19-37(20-25-7-6-8-27(34)17-25)43(40,41)28-13-14-30(35)29(18-28)32(38)36-31-22(3)15-21(2)16-23(31)4/h6-8,13-18,24,26H,5,9-12,19-20H2,1-4H3,(H,36,38). The molecule has 1 N–H and O–H groups in total. The van der Waals surface area contributed by atoms with Crippen LogP contribution in [0.2, 0.25) is 0 Å². The van der Waals surface area contributed by atoms with Gasteiger partial charge >= 0.3 is 5.97 Å². The van der Waals surface area contributed by atoms with Crippen molar-refractivity contribution in [3.63, 3.8) is 0 Å². The molecule has 0 heterocycles. The molecule has 1 aliphatic rings. The highest BCUT2D eigenvalue weighted by Gasteiger charge is 2.33. The molecular weight excluding hydrogens is 635 g/mol. The number of carbonyl (C=O) groups is 2. The Kier molecular flexibility index (Phi) is 10.8. The summed E-state index contributed by atoms with van der Waals surface area (Å²) in [6, 6.07) is 14.6. The maximum atomic E-state index is 15.0. The Morgan fingerprint density at radius 3 is 2.30 bits per heavy atom. The van der Waals surface area contributed by atoms with E-state index >= 15 is 0 Å². The number of amides is 1. The summed E-state index contributed by atoms with van der Waals surface area (Å²) in [6.45, 7) is 8.10. The molecule has 230 valence electrons. The van der Waals surface area contributed by atoms with Gasteiger partial charge in [-0.3, -0.25) is 9.59 Å². The van der Waals surface area contributed by atoms with Crippen molar-refractivity contribution >= 4 is 43.5 Å². The number of nitrogens with zero attached hydrogens (tertiary/aromatic N) is 1. The summed E-state index contributed by atoms with van der Waals surface area (Å²) in [4.78, 5) is 25.3. The van der Waals surface area contributed by atoms with E-state index in [0.29, 0.717) is 38.0 Å². The van der Waals surface area contributed by atoms with Crippen LogP contribution in [0.5, 0.6) is 0 Å². The molecule has 0 bridgehead atoms. The Morgan fingerprint density at radius 2 is 1.67 bits per heavy atom. The van der Waals surface area contributed by atoms with Gasteiger partial charge in [-0.1, -0.05) is 45.8 Å². The molecule has 7 nitrogen and oxygen atoms in total. The lowest BCUT2D eigenvalue weighted by molar-refractivity contribution is -0.149. The molecule has 4 rings (SSSR count). The molecule has 43 heavy (non-hydrogen) atoms. The third-order valence-electron chi connectivity index (χ3n) is 7.91. The molecule has 0 saturated heterocycles. The number of esters is 1. The van der Waals surface area contributed by atoms with Crippen molar-refractivity contribution in [3.8, 4) is 0 Å². The molecule has 0 aromatic heterocycles. The summed E-state index contributed by atoms with van der Waals surface area (Å²) in [5.41, 5.74) is 3.69. The molecule has 1 amide bonds. The van der Waals surface area contributed by atoms with E-state index in [1.165, 1.54) is 10.4 Å². The number of anilines is 1. The Bertz CT molecular complexity index is 1580. The van der Waals surface area contributed by atoms with Gasteiger partial charge in [-0.05, 0) is 106 Å². The normalized spacial score (nSPS) is 17.1. The number of hydrogen-bond donors (Lipinski definition) is 1. The number of sulfonamides is 1. The monoisotopic (exact) mass is 672 g/mol. The van der Waals surface area contributed by atoms with Crippen molar-refractivity contribution in [1.29, 1.82) is 0 Å². The van der Waals surface area contributed by atoms with Crippen molar-refractivity contribution in [1.82, 2.24) is 4.31 Å². The predicted molar refractivity (Wildman–Crippen MR) is 169 cm³/mol. The molecule has 1 fully saturated rings. The van der Waals surface area contributed by atoms with E-state index in [1.54, 1.807) is 6.92 Å². The fraction of sp³-hybridized carbons (Fsp3) is 0.394. The van der Waals surface area contributed by atoms with E-state index in [-0.39, 0.29) is 41.4 Å². The molecule has 0 aliphatic heterocycles. The lowest BCUT2D eigenvalue weighted by atomic mass is 9.82. The van der Waals surface area contributed by atoms with E-state index < -0.39 is 21.7 Å². The van der Waals surface area contributed by atoms with Gasteiger partial charge in [0.1, 0.15) is 5.82 Å². The number of nitrogens with one attached hydrogen (secondary N) is 1. The second kappa shape index (κ2) is 14.1. The van der Waals surface area contributed by atoms with Gasteiger partial charge in [0.2, 0.25) is 10.0 Å². The Balaban J connectivity index is 1.61. The third kappa shape index (κ3) is 8.10. The molecule has 1 saturated carbocycles. The number of halogens is 2. The highest BCUT2D eigenvalue weighted by molar-refractivity contribution is 9.10. The van der Waals surface area contributed by atoms with Crippen LogP contribution in [0.25, 0.3) is 0 Å². The van der Waals surface area contributed by atoms with E-state index in [1.807, 2.05) is 57.2 Å². The first-order valence-electron chi connectivity index (χ1n) is 14.5. The van der Waals surface area contributed by atoms with Gasteiger partial charge in [0, 0.05) is 23.2 Å². The first kappa shape index (κ1) is 32.8. The lowest BCUT2D eigenvalue weighted by Gasteiger charge is -2.31. The van der Waals surface area contributed by atoms with Crippen molar-refractivity contribution in [2.75, 3.05) is 18.5 Å². The fourth-order valence-electron chi connectivity index (χ4n) is 5.76. The number of aryl methyl sites for hydroxylation is 3. The van der Waals surface area contributed by atoms with Crippen LogP contribution in [0.3, 0.4) is 0 Å². The fourth-order valence-corrected chi connectivity index (χ4v) is 7.74. The van der Waals surface area contributed by atoms with Gasteiger partial charge in [-0.25, -0.2) is 12.8 Å². The molecule has 3 aromatic carbocycles. The van der Waals surface area contributed by atoms with Gasteiger partial charge in [0.15, 0.2) is 0 Å². The van der Waals surface area contributed by atoms with Gasteiger partial charge < -0.3 is 10.1 Å². The second-order valence-electron chi connectivity index (χ2n) is 11.3. The average Bonchev–Trinajstić information content (AvgIpc) is 2.95. The molecule has 0 radical (unpaired) electrons. The van der Waals surface area contributed by atoms with Crippen molar-refractivity contribution in [2.45, 2.75) is 64.8 Å². The molecule has 0 spiro atoms. The minimum absolute atomic E-state index is 0.0308. The van der Waals surface area contributed by atoms with Crippen molar-refractivity contribution in [2.24, 2.45) is 11.8 Å². The SMILES string of the molecule is CCOC(=O)C1CCC(CN(Cc2cccc(Br)c2)S(=O)(=O)c2ccc(F)c(C(=O)Nc3c(C)cc(C)cc3C)c2)CC1. The van der Waals surface area contributed by atoms with Crippen molar-refractivity contribution < 1.29 is 27.1 Å². The number of benzene rings is 3. The lowest BCUT2D eigenvalue weighted by Crippen LogP contribution is -2.37. The smallest absolute Gasteiger partial charge is 0.308 e. The first-order chi connectivity index (χ1) is 20.4. The summed E-state index contributed by atoms with van der Waals surface area (Å²) in [6.07, 6.45) is 2.63. The maximum absolute atomic E-state index is 15.0. The van der Waals surface area contributed by atoms with Crippen LogP contribution >= 0.6 is 15.9 Å². The van der Waals surface area contributed by atoms with Gasteiger partial charge in [0.05, 0.1) is 23.0 Å². The molecule has 3 aromatic rings. The Morgan fingerprint density at radius 1 is 1.00 bits per heavy atom. The number of ether oxygens (including phenoxy) is 1. The van der Waals surface area contributed by atoms with Crippen LogP contribution < -0.4 is 5.32 Å². The van der Waals surface area contributed by atoms with Crippen LogP contribution in [0.1, 0.15) is 65.2 Å². The minimum atomic E-state index is -4.14. The van der Waals surface area contributed by atoms with Gasteiger partial charge in [0.25, 0.3) is 5.91 Å². The van der Waals surface area contributed by atoms with E-state index in [4.69, 9.17) is 4.74 Å². The van der Waals surface area contributed by atoms with Crippen LogP contribution in [0.15, 0.2) is 64.0 Å². The van der Waals surface area contributed by atoms with Gasteiger partial charge in [-0.2, -0.15) is 4.31 Å². The van der Waals surface area contributed by atoms with Crippen molar-refractivity contribution in [3.05, 3.63) is 92.7 Å². The van der Waals surface area contributed by atoms with E-state index in [9.17, 15) is 22.4 Å². The number of hydrogen-bond acceptors (Lipinski definition) is 5. The Labute approximate surface area is 262 Å². The number of carbonyl (C=O) groups excluding carboxylic acids is 2. The summed E-state index contributed by atoms with van der Waals surface area (Å²) >= 11 is 3.46. The molecule has 0 unspecified atom stereocenters. The summed E-state index contributed by atoms with van der Waals surface area (Å²) in [5.74, 6) is -1.88. The molecule has 1 aliphatic carbocycles. The quantitative estimate of drug-likeness (QED) is 0.228. The highest BCUT2D eigenvalue weighted by Crippen LogP contribution is 2.33. The average molecular weight is 674 g/mol. The second-order valence-corrected chi connectivity index (χ2v) is 14.1. The predicted octanol–water partition coefficient (Wildman–Crippen LogP) is 7.33. The summed E-state index contributed by atoms with van der Waals surface area (Å²) < 4.78 is 50.6. The van der Waals surface area contributed by atoms with E-state index in [0.717, 1.165) is 38.9 Å². The summed E-state index contributed by atoms with van der Waals surface area (Å²) in [5, 5.41) is 2.77. The highest BCUT2D eigenvalue weighted by atomic mass is 79.9. The Hall–Kier alpha value is -3.08. The van der Waals surface area contributed by atoms with Crippen LogP contribution in [0, 0.1) is 38.4 Å². The van der Waals surface area contributed by atoms with Crippen LogP contribution in [-0.2, 0) is 26.1 Å². The summed E-state index contributed by atoms with van der Waals surface area (Å²) in [7, 11) is -4.14. The van der Waals surface area contributed by atoms with Crippen LogP contribution in [-0.4, -0.2) is 37.8 Å². The zero-order chi connectivity index (χ0) is 31.3. The van der Waals surface area contributed by atoms with Crippen LogP contribution in [0.4, 0.5) is 10.1 Å². The first-order valence-corrected chi connectivity index (χ1v) is 16.7. The topological polar surface area (TPSA) is 92.8 Å². The zero-order valence-corrected chi connectivity index (χ0v) is 27.4. The maximum Gasteiger partial charge on any atom is 0.308 e. The molecular formula is C33H38BrFN2O5S. The molecule has 10 heteroatoms. The van der Waals surface area contributed by atoms with E-state index in [2.05, 4.69) is 21.2 Å². The number of rotatable bonds is 10.